The number of aryl methyl sites for hydroxylation is 1. The number of anilines is 1. The van der Waals surface area contributed by atoms with E-state index in [4.69, 9.17) is 22.1 Å². The summed E-state index contributed by atoms with van der Waals surface area (Å²) in [5, 5.41) is 6.66. The summed E-state index contributed by atoms with van der Waals surface area (Å²) in [6.45, 7) is 4.25. The van der Waals surface area contributed by atoms with Gasteiger partial charge in [0.15, 0.2) is 0 Å². The van der Waals surface area contributed by atoms with Crippen molar-refractivity contribution in [2.24, 2.45) is 5.73 Å². The fourth-order valence-electron chi connectivity index (χ4n) is 3.05. The molecule has 0 aliphatic heterocycles. The minimum Gasteiger partial charge on any atom is -0.447 e. The Hall–Kier alpha value is -2.61. The maximum Gasteiger partial charge on any atom is 0.422 e. The lowest BCUT2D eigenvalue weighted by Crippen LogP contribution is -2.45. The highest BCUT2D eigenvalue weighted by Crippen LogP contribution is 2.18. The number of nitrogens with one attached hydrogen (secondary N) is 2. The fraction of sp³-hybridized carbons (Fsp3) is 0.417. The van der Waals surface area contributed by atoms with Gasteiger partial charge in [0.2, 0.25) is 0 Å². The predicted octanol–water partition coefficient (Wildman–Crippen LogP) is 4.47. The van der Waals surface area contributed by atoms with Gasteiger partial charge in [-0.1, -0.05) is 55.3 Å². The molecule has 32 heavy (non-hydrogen) atoms. The molecular weight excluding hydrogens is 428 g/mol. The van der Waals surface area contributed by atoms with Crippen LogP contribution in [0.1, 0.15) is 37.3 Å². The van der Waals surface area contributed by atoms with E-state index >= 15 is 0 Å². The molecule has 0 saturated heterocycles. The molecule has 0 aliphatic rings. The first kappa shape index (κ1) is 25.6. The summed E-state index contributed by atoms with van der Waals surface area (Å²) in [6, 6.07) is 14.3. The van der Waals surface area contributed by atoms with Crippen molar-refractivity contribution in [1.82, 2.24) is 10.6 Å². The predicted molar refractivity (Wildman–Crippen MR) is 129 cm³/mol. The second-order valence-electron chi connectivity index (χ2n) is 7.32. The molecule has 0 radical (unpaired) electrons. The van der Waals surface area contributed by atoms with Crippen LogP contribution in [-0.4, -0.2) is 38.4 Å². The molecule has 0 unspecified atom stereocenters. The van der Waals surface area contributed by atoms with E-state index in [1.165, 1.54) is 0 Å². The molecule has 0 saturated carbocycles. The summed E-state index contributed by atoms with van der Waals surface area (Å²) in [5.41, 5.74) is 8.05. The molecule has 174 valence electrons. The van der Waals surface area contributed by atoms with Crippen LogP contribution in [0, 0.1) is 0 Å². The van der Waals surface area contributed by atoms with Crippen molar-refractivity contribution in [1.29, 1.82) is 0 Å². The Morgan fingerprint density at radius 3 is 2.47 bits per heavy atom. The van der Waals surface area contributed by atoms with Gasteiger partial charge in [-0.05, 0) is 55.1 Å². The third kappa shape index (κ3) is 8.49. The van der Waals surface area contributed by atoms with Gasteiger partial charge < -0.3 is 21.1 Å². The van der Waals surface area contributed by atoms with Crippen molar-refractivity contribution in [2.45, 2.75) is 39.2 Å². The second kappa shape index (κ2) is 14.5. The summed E-state index contributed by atoms with van der Waals surface area (Å²) in [6.07, 6.45) is 2.78. The van der Waals surface area contributed by atoms with Crippen molar-refractivity contribution in [3.8, 4) is 0 Å². The number of nitrogens with two attached hydrogens (primary N) is 1. The van der Waals surface area contributed by atoms with E-state index in [1.54, 1.807) is 12.1 Å². The molecule has 0 spiro atoms. The highest BCUT2D eigenvalue weighted by Gasteiger charge is 2.24. The van der Waals surface area contributed by atoms with E-state index in [1.807, 2.05) is 43.3 Å². The third-order valence-corrected chi connectivity index (χ3v) is 5.29. The Balaban J connectivity index is 1.90. The molecule has 0 heterocycles. The lowest BCUT2D eigenvalue weighted by Gasteiger charge is -2.21. The Kier molecular flexibility index (Phi) is 11.6. The molecule has 8 heteroatoms. The van der Waals surface area contributed by atoms with Gasteiger partial charge in [0.25, 0.3) is 0 Å². The van der Waals surface area contributed by atoms with Crippen molar-refractivity contribution in [2.75, 3.05) is 31.1 Å². The van der Waals surface area contributed by atoms with Crippen LogP contribution >= 0.6 is 11.6 Å². The third-order valence-electron chi connectivity index (χ3n) is 4.92. The van der Waals surface area contributed by atoms with E-state index in [2.05, 4.69) is 10.6 Å². The first-order valence-electron chi connectivity index (χ1n) is 11.0. The van der Waals surface area contributed by atoms with E-state index in [0.717, 1.165) is 41.7 Å². The van der Waals surface area contributed by atoms with Gasteiger partial charge in [-0.15, -0.1) is 0 Å². The molecule has 0 aliphatic carbocycles. The molecule has 0 atom stereocenters. The quantitative estimate of drug-likeness (QED) is 0.406. The standard InChI is InChI=1S/C24H33ClN4O3/c1-2-19-10-12-21(13-11-19)29(23(30)28-15-7-3-6-14-26)24(31)32-17-16-27-18-20-8-4-5-9-22(20)25/h4-5,8-13,27H,2-3,6-7,14-18,26H2,1H3,(H,28,30). The number of hydrogen-bond donors (Lipinski definition) is 3. The smallest absolute Gasteiger partial charge is 0.422 e. The Bertz CT molecular complexity index is 845. The van der Waals surface area contributed by atoms with Crippen LogP contribution in [0.25, 0.3) is 0 Å². The number of carbonyl (C=O) groups is 2. The maximum absolute atomic E-state index is 12.7. The van der Waals surface area contributed by atoms with Crippen molar-refractivity contribution < 1.29 is 14.3 Å². The van der Waals surface area contributed by atoms with Crippen LogP contribution in [-0.2, 0) is 17.7 Å². The number of ether oxygens (including phenoxy) is 1. The van der Waals surface area contributed by atoms with E-state index < -0.39 is 12.1 Å². The van der Waals surface area contributed by atoms with Crippen LogP contribution in [0.2, 0.25) is 5.02 Å². The van der Waals surface area contributed by atoms with Crippen LogP contribution in [0.5, 0.6) is 0 Å². The lowest BCUT2D eigenvalue weighted by atomic mass is 10.1. The van der Waals surface area contributed by atoms with Crippen LogP contribution in [0.3, 0.4) is 0 Å². The minimum atomic E-state index is -0.715. The average molecular weight is 461 g/mol. The normalized spacial score (nSPS) is 10.6. The summed E-state index contributed by atoms with van der Waals surface area (Å²) in [5.74, 6) is 0. The number of urea groups is 1. The van der Waals surface area contributed by atoms with Crippen molar-refractivity contribution in [3.05, 3.63) is 64.7 Å². The number of halogens is 1. The number of carbonyl (C=O) groups excluding carboxylic acids is 2. The Labute approximate surface area is 195 Å². The number of unbranched alkanes of at least 4 members (excludes halogenated alkanes) is 2. The van der Waals surface area contributed by atoms with Gasteiger partial charge in [-0.2, -0.15) is 4.90 Å². The SMILES string of the molecule is CCc1ccc(N(C(=O)NCCCCCN)C(=O)OCCNCc2ccccc2Cl)cc1. The largest absolute Gasteiger partial charge is 0.447 e. The van der Waals surface area contributed by atoms with Gasteiger partial charge >= 0.3 is 12.1 Å². The molecule has 4 N–H and O–H groups in total. The summed E-state index contributed by atoms with van der Waals surface area (Å²) < 4.78 is 5.36. The zero-order valence-corrected chi connectivity index (χ0v) is 19.4. The second-order valence-corrected chi connectivity index (χ2v) is 7.73. The first-order chi connectivity index (χ1) is 15.6. The summed E-state index contributed by atoms with van der Waals surface area (Å²) in [7, 11) is 0. The number of benzene rings is 2. The number of imide groups is 1. The maximum atomic E-state index is 12.7. The number of rotatable bonds is 12. The molecule has 0 bridgehead atoms. The van der Waals surface area contributed by atoms with Gasteiger partial charge in [0, 0.05) is 24.7 Å². The molecular formula is C24H33ClN4O3. The van der Waals surface area contributed by atoms with Crippen molar-refractivity contribution in [3.63, 3.8) is 0 Å². The summed E-state index contributed by atoms with van der Waals surface area (Å²) >= 11 is 6.14. The number of amides is 3. The molecule has 0 fully saturated rings. The zero-order chi connectivity index (χ0) is 23.2. The van der Waals surface area contributed by atoms with Gasteiger partial charge in [-0.25, -0.2) is 9.59 Å². The van der Waals surface area contributed by atoms with E-state index in [0.29, 0.717) is 36.9 Å². The van der Waals surface area contributed by atoms with Gasteiger partial charge in [0.05, 0.1) is 5.69 Å². The number of nitrogens with zero attached hydrogens (tertiary/aromatic N) is 1. The molecule has 2 aromatic rings. The first-order valence-corrected chi connectivity index (χ1v) is 11.4. The highest BCUT2D eigenvalue weighted by atomic mass is 35.5. The number of hydrogen-bond acceptors (Lipinski definition) is 5. The van der Waals surface area contributed by atoms with Gasteiger partial charge in [-0.3, -0.25) is 0 Å². The molecule has 7 nitrogen and oxygen atoms in total. The average Bonchev–Trinajstić information content (AvgIpc) is 2.80. The van der Waals surface area contributed by atoms with Crippen molar-refractivity contribution >= 4 is 29.4 Å². The monoisotopic (exact) mass is 460 g/mol. The molecule has 2 rings (SSSR count). The minimum absolute atomic E-state index is 0.122. The van der Waals surface area contributed by atoms with Crippen LogP contribution < -0.4 is 21.3 Å². The lowest BCUT2D eigenvalue weighted by molar-refractivity contribution is 0.154. The van der Waals surface area contributed by atoms with Crippen LogP contribution in [0.15, 0.2) is 48.5 Å². The Morgan fingerprint density at radius 1 is 1.03 bits per heavy atom. The van der Waals surface area contributed by atoms with E-state index in [9.17, 15) is 9.59 Å². The topological polar surface area (TPSA) is 96.7 Å². The molecule has 2 aromatic carbocycles. The molecule has 0 aromatic heterocycles. The van der Waals surface area contributed by atoms with E-state index in [-0.39, 0.29) is 6.61 Å². The van der Waals surface area contributed by atoms with Crippen LogP contribution in [0.4, 0.5) is 15.3 Å². The fourth-order valence-corrected chi connectivity index (χ4v) is 3.25. The highest BCUT2D eigenvalue weighted by molar-refractivity contribution is 6.31. The molecule has 3 amide bonds. The zero-order valence-electron chi connectivity index (χ0n) is 18.6. The Morgan fingerprint density at radius 2 is 1.78 bits per heavy atom. The van der Waals surface area contributed by atoms with Gasteiger partial charge in [0.1, 0.15) is 6.61 Å². The summed E-state index contributed by atoms with van der Waals surface area (Å²) in [4.78, 5) is 26.5.